The molecule has 1 aromatic rings. The molecule has 0 unspecified atom stereocenters. The first-order valence-corrected chi connectivity index (χ1v) is 7.67. The van der Waals surface area contributed by atoms with Gasteiger partial charge in [0, 0.05) is 24.7 Å². The number of fused-ring (bicyclic) bond motifs is 1. The molecule has 0 N–H and O–H groups in total. The van der Waals surface area contributed by atoms with Gasteiger partial charge in [0.25, 0.3) is 5.69 Å². The summed E-state index contributed by atoms with van der Waals surface area (Å²) in [5.74, 6) is 1.46. The van der Waals surface area contributed by atoms with Crippen LogP contribution in [-0.4, -0.2) is 24.3 Å². The highest BCUT2D eigenvalue weighted by atomic mass is 16.6. The van der Waals surface area contributed by atoms with Gasteiger partial charge in [0.15, 0.2) is 0 Å². The second-order valence-electron chi connectivity index (χ2n) is 6.16. The van der Waals surface area contributed by atoms with E-state index in [1.807, 2.05) is 0 Å². The predicted octanol–water partition coefficient (Wildman–Crippen LogP) is 3.42. The molecule has 1 heterocycles. The van der Waals surface area contributed by atoms with Gasteiger partial charge in [0.1, 0.15) is 12.0 Å². The number of rotatable bonds is 3. The minimum atomic E-state index is -0.380. The topological polar surface area (TPSA) is 63.5 Å². The second-order valence-corrected chi connectivity index (χ2v) is 6.16. The maximum atomic E-state index is 11.3. The van der Waals surface area contributed by atoms with E-state index in [-0.39, 0.29) is 10.6 Å². The van der Waals surface area contributed by atoms with Gasteiger partial charge in [-0.1, -0.05) is 19.3 Å². The molecule has 5 heteroatoms. The molecule has 21 heavy (non-hydrogen) atoms. The summed E-state index contributed by atoms with van der Waals surface area (Å²) in [4.78, 5) is 23.9. The molecular weight excluding hydrogens is 268 g/mol. The number of piperidine rings is 1. The third kappa shape index (κ3) is 2.77. The summed E-state index contributed by atoms with van der Waals surface area (Å²) in [5, 5.41) is 11.3. The van der Waals surface area contributed by atoms with Crippen LogP contribution in [0.4, 0.5) is 11.4 Å². The average molecular weight is 288 g/mol. The molecule has 1 aliphatic heterocycles. The molecule has 0 radical (unpaired) electrons. The number of nitro benzene ring substituents is 1. The Hall–Kier alpha value is -1.91. The number of hydrogen-bond acceptors (Lipinski definition) is 4. The number of benzene rings is 1. The molecule has 1 saturated heterocycles. The van der Waals surface area contributed by atoms with Crippen LogP contribution >= 0.6 is 0 Å². The SMILES string of the molecule is O=Cc1ccc(N2CC[C@H]3CCCC[C@@H]3C2)c([N+](=O)[O-])c1. The maximum absolute atomic E-state index is 11.3. The Morgan fingerprint density at radius 1 is 1.19 bits per heavy atom. The Morgan fingerprint density at radius 3 is 2.67 bits per heavy atom. The zero-order valence-electron chi connectivity index (χ0n) is 12.0. The molecule has 1 saturated carbocycles. The Bertz CT molecular complexity index is 558. The van der Waals surface area contributed by atoms with Crippen LogP contribution in [0.25, 0.3) is 0 Å². The van der Waals surface area contributed by atoms with E-state index in [2.05, 4.69) is 4.90 Å². The van der Waals surface area contributed by atoms with Crippen LogP contribution in [0.15, 0.2) is 18.2 Å². The number of nitrogens with zero attached hydrogens (tertiary/aromatic N) is 2. The van der Waals surface area contributed by atoms with E-state index in [9.17, 15) is 14.9 Å². The fourth-order valence-corrected chi connectivity index (χ4v) is 3.85. The normalized spacial score (nSPS) is 25.2. The fraction of sp³-hybridized carbons (Fsp3) is 0.562. The Balaban J connectivity index is 1.86. The van der Waals surface area contributed by atoms with Crippen molar-refractivity contribution in [2.75, 3.05) is 18.0 Å². The van der Waals surface area contributed by atoms with Crippen LogP contribution in [-0.2, 0) is 0 Å². The van der Waals surface area contributed by atoms with Gasteiger partial charge in [-0.05, 0) is 36.8 Å². The zero-order valence-corrected chi connectivity index (χ0v) is 12.0. The Morgan fingerprint density at radius 2 is 1.95 bits per heavy atom. The zero-order chi connectivity index (χ0) is 14.8. The summed E-state index contributed by atoms with van der Waals surface area (Å²) >= 11 is 0. The molecule has 3 rings (SSSR count). The molecule has 0 spiro atoms. The summed E-state index contributed by atoms with van der Waals surface area (Å²) in [6.07, 6.45) is 6.93. The quantitative estimate of drug-likeness (QED) is 0.485. The summed E-state index contributed by atoms with van der Waals surface area (Å²) in [6, 6.07) is 4.78. The molecule has 5 nitrogen and oxygen atoms in total. The minimum absolute atomic E-state index is 0.0499. The largest absolute Gasteiger partial charge is 0.366 e. The second kappa shape index (κ2) is 5.84. The smallest absolute Gasteiger partial charge is 0.293 e. The van der Waals surface area contributed by atoms with Crippen molar-refractivity contribution >= 4 is 17.7 Å². The minimum Gasteiger partial charge on any atom is -0.366 e. The van der Waals surface area contributed by atoms with Crippen LogP contribution in [0.5, 0.6) is 0 Å². The van der Waals surface area contributed by atoms with E-state index in [4.69, 9.17) is 0 Å². The molecule has 2 fully saturated rings. The van der Waals surface area contributed by atoms with Crippen molar-refractivity contribution in [3.05, 3.63) is 33.9 Å². The van der Waals surface area contributed by atoms with E-state index in [0.717, 1.165) is 25.4 Å². The van der Waals surface area contributed by atoms with Gasteiger partial charge in [-0.25, -0.2) is 0 Å². The van der Waals surface area contributed by atoms with E-state index in [0.29, 0.717) is 23.5 Å². The maximum Gasteiger partial charge on any atom is 0.293 e. The molecular formula is C16H20N2O3. The lowest BCUT2D eigenvalue weighted by molar-refractivity contribution is -0.384. The molecule has 0 bridgehead atoms. The van der Waals surface area contributed by atoms with Gasteiger partial charge >= 0.3 is 0 Å². The van der Waals surface area contributed by atoms with Crippen LogP contribution in [0, 0.1) is 22.0 Å². The van der Waals surface area contributed by atoms with Gasteiger partial charge < -0.3 is 4.90 Å². The van der Waals surface area contributed by atoms with Crippen molar-refractivity contribution in [2.24, 2.45) is 11.8 Å². The van der Waals surface area contributed by atoms with E-state index < -0.39 is 0 Å². The third-order valence-electron chi connectivity index (χ3n) is 4.96. The van der Waals surface area contributed by atoms with Crippen LogP contribution in [0.2, 0.25) is 0 Å². The number of aldehydes is 1. The Labute approximate surface area is 124 Å². The number of carbonyl (C=O) groups excluding carboxylic acids is 1. The lowest BCUT2D eigenvalue weighted by Crippen LogP contribution is -2.42. The first kappa shape index (κ1) is 14.0. The highest BCUT2D eigenvalue weighted by Crippen LogP contribution is 2.39. The monoisotopic (exact) mass is 288 g/mol. The highest BCUT2D eigenvalue weighted by Gasteiger charge is 2.33. The van der Waals surface area contributed by atoms with Gasteiger partial charge in [-0.3, -0.25) is 14.9 Å². The van der Waals surface area contributed by atoms with Gasteiger partial charge in [0.2, 0.25) is 0 Å². The first-order chi connectivity index (χ1) is 10.2. The summed E-state index contributed by atoms with van der Waals surface area (Å²) in [5.41, 5.74) is 1.07. The van der Waals surface area contributed by atoms with Crippen molar-refractivity contribution in [3.8, 4) is 0 Å². The van der Waals surface area contributed by atoms with Gasteiger partial charge in [-0.15, -0.1) is 0 Å². The molecule has 2 atom stereocenters. The molecule has 1 aromatic carbocycles. The van der Waals surface area contributed by atoms with Crippen LogP contribution in [0.1, 0.15) is 42.5 Å². The van der Waals surface area contributed by atoms with Crippen molar-refractivity contribution in [1.29, 1.82) is 0 Å². The average Bonchev–Trinajstić information content (AvgIpc) is 2.53. The first-order valence-electron chi connectivity index (χ1n) is 7.67. The number of hydrogen-bond donors (Lipinski definition) is 0. The lowest BCUT2D eigenvalue weighted by Gasteiger charge is -2.42. The van der Waals surface area contributed by atoms with Crippen molar-refractivity contribution in [1.82, 2.24) is 0 Å². The molecule has 112 valence electrons. The summed E-state index contributed by atoms with van der Waals surface area (Å²) in [7, 11) is 0. The fourth-order valence-electron chi connectivity index (χ4n) is 3.85. The lowest BCUT2D eigenvalue weighted by atomic mass is 9.75. The van der Waals surface area contributed by atoms with Gasteiger partial charge in [-0.2, -0.15) is 0 Å². The predicted molar refractivity (Wildman–Crippen MR) is 80.8 cm³/mol. The molecule has 0 amide bonds. The van der Waals surface area contributed by atoms with Crippen molar-refractivity contribution < 1.29 is 9.72 Å². The summed E-state index contributed by atoms with van der Waals surface area (Å²) < 4.78 is 0. The summed E-state index contributed by atoms with van der Waals surface area (Å²) in [6.45, 7) is 1.79. The van der Waals surface area contributed by atoms with E-state index in [1.165, 1.54) is 31.7 Å². The van der Waals surface area contributed by atoms with E-state index in [1.54, 1.807) is 12.1 Å². The number of nitro groups is 1. The van der Waals surface area contributed by atoms with Crippen molar-refractivity contribution in [3.63, 3.8) is 0 Å². The van der Waals surface area contributed by atoms with Crippen LogP contribution in [0.3, 0.4) is 0 Å². The highest BCUT2D eigenvalue weighted by molar-refractivity contribution is 5.79. The molecule has 1 aliphatic carbocycles. The van der Waals surface area contributed by atoms with Crippen molar-refractivity contribution in [2.45, 2.75) is 32.1 Å². The number of anilines is 1. The molecule has 0 aromatic heterocycles. The standard InChI is InChI=1S/C16H20N2O3/c19-11-12-5-6-15(16(9-12)18(20)21)17-8-7-13-3-1-2-4-14(13)10-17/h5-6,9,11,13-14H,1-4,7-8,10H2/t13-,14-/m1/s1. The third-order valence-corrected chi connectivity index (χ3v) is 4.96. The van der Waals surface area contributed by atoms with E-state index >= 15 is 0 Å². The molecule has 2 aliphatic rings. The Kier molecular flexibility index (Phi) is 3.90. The number of carbonyl (C=O) groups is 1. The van der Waals surface area contributed by atoms with Crippen LogP contribution < -0.4 is 4.90 Å². The van der Waals surface area contributed by atoms with Gasteiger partial charge in [0.05, 0.1) is 4.92 Å².